The number of hydrogen-bond donors (Lipinski definition) is 1. The van der Waals surface area contributed by atoms with Crippen molar-refractivity contribution in [3.8, 4) is 5.75 Å². The van der Waals surface area contributed by atoms with Crippen LogP contribution in [0.4, 0.5) is 0 Å². The fourth-order valence-corrected chi connectivity index (χ4v) is 2.54. The lowest BCUT2D eigenvalue weighted by Gasteiger charge is -2.19. The van der Waals surface area contributed by atoms with Crippen LogP contribution in [0, 0.1) is 0 Å². The number of ether oxygens (including phenoxy) is 2. The van der Waals surface area contributed by atoms with Crippen molar-refractivity contribution in [2.24, 2.45) is 0 Å². The highest BCUT2D eigenvalue weighted by molar-refractivity contribution is 5.28. The zero-order valence-electron chi connectivity index (χ0n) is 12.9. The topological polar surface area (TPSA) is 30.5 Å². The van der Waals surface area contributed by atoms with Crippen LogP contribution < -0.4 is 10.1 Å². The molecule has 0 spiro atoms. The lowest BCUT2D eigenvalue weighted by molar-refractivity contribution is -0.0326. The fraction of sp³-hybridized carbons (Fsp3) is 0.647. The second-order valence-electron chi connectivity index (χ2n) is 6.17. The van der Waals surface area contributed by atoms with Gasteiger partial charge in [0.1, 0.15) is 12.4 Å². The van der Waals surface area contributed by atoms with E-state index >= 15 is 0 Å². The predicted octanol–water partition coefficient (Wildman–Crippen LogP) is 3.52. The summed E-state index contributed by atoms with van der Waals surface area (Å²) in [6.07, 6.45) is 3.59. The molecule has 1 heterocycles. The molecule has 0 aliphatic carbocycles. The lowest BCUT2D eigenvalue weighted by Crippen LogP contribution is -2.23. The summed E-state index contributed by atoms with van der Waals surface area (Å²) in [6, 6.07) is 8.31. The second kappa shape index (κ2) is 7.09. The van der Waals surface area contributed by atoms with E-state index in [9.17, 15) is 0 Å². The number of hydrogen-bond acceptors (Lipinski definition) is 3. The van der Waals surface area contributed by atoms with Crippen molar-refractivity contribution >= 4 is 0 Å². The minimum Gasteiger partial charge on any atom is -0.491 e. The molecule has 1 N–H and O–H groups in total. The molecule has 112 valence electrons. The van der Waals surface area contributed by atoms with Crippen LogP contribution in [-0.2, 0) is 11.3 Å². The first-order valence-corrected chi connectivity index (χ1v) is 7.69. The monoisotopic (exact) mass is 277 g/mol. The fourth-order valence-electron chi connectivity index (χ4n) is 2.54. The summed E-state index contributed by atoms with van der Waals surface area (Å²) in [7, 11) is 0. The Balaban J connectivity index is 1.79. The molecule has 1 aromatic carbocycles. The molecule has 1 unspecified atom stereocenters. The maximum atomic E-state index is 5.94. The van der Waals surface area contributed by atoms with E-state index in [0.717, 1.165) is 38.1 Å². The van der Waals surface area contributed by atoms with Crippen molar-refractivity contribution in [3.63, 3.8) is 0 Å². The van der Waals surface area contributed by atoms with E-state index in [-0.39, 0.29) is 11.7 Å². The van der Waals surface area contributed by atoms with Crippen LogP contribution in [0.5, 0.6) is 5.75 Å². The molecular formula is C17H27NO2. The van der Waals surface area contributed by atoms with Gasteiger partial charge in [-0.25, -0.2) is 0 Å². The van der Waals surface area contributed by atoms with Crippen LogP contribution in [0.3, 0.4) is 0 Å². The highest BCUT2D eigenvalue weighted by Crippen LogP contribution is 2.29. The number of benzene rings is 1. The number of rotatable bonds is 7. The van der Waals surface area contributed by atoms with E-state index in [1.54, 1.807) is 0 Å². The SMILES string of the molecule is CCCNCc1cccc(OCC2CCC(C)(C)O2)c1. The first-order valence-electron chi connectivity index (χ1n) is 7.69. The molecule has 0 bridgehead atoms. The van der Waals surface area contributed by atoms with Crippen LogP contribution in [0.25, 0.3) is 0 Å². The molecule has 1 fully saturated rings. The molecule has 20 heavy (non-hydrogen) atoms. The summed E-state index contributed by atoms with van der Waals surface area (Å²) in [4.78, 5) is 0. The minimum absolute atomic E-state index is 0.0138. The highest BCUT2D eigenvalue weighted by Gasteiger charge is 2.31. The summed E-state index contributed by atoms with van der Waals surface area (Å²) in [6.45, 7) is 9.07. The smallest absolute Gasteiger partial charge is 0.119 e. The van der Waals surface area contributed by atoms with Gasteiger partial charge in [-0.15, -0.1) is 0 Å². The number of nitrogens with one attached hydrogen (secondary N) is 1. The average molecular weight is 277 g/mol. The highest BCUT2D eigenvalue weighted by atomic mass is 16.6. The van der Waals surface area contributed by atoms with E-state index in [0.29, 0.717) is 6.61 Å². The van der Waals surface area contributed by atoms with Gasteiger partial charge in [0, 0.05) is 6.54 Å². The van der Waals surface area contributed by atoms with Crippen molar-refractivity contribution in [3.05, 3.63) is 29.8 Å². The standard InChI is InChI=1S/C17H27NO2/c1-4-10-18-12-14-6-5-7-15(11-14)19-13-16-8-9-17(2,3)20-16/h5-7,11,16,18H,4,8-10,12-13H2,1-3H3. The summed E-state index contributed by atoms with van der Waals surface area (Å²) in [5, 5.41) is 3.41. The third kappa shape index (κ3) is 4.80. The Kier molecular flexibility index (Phi) is 5.44. The Morgan fingerprint density at radius 2 is 2.25 bits per heavy atom. The quantitative estimate of drug-likeness (QED) is 0.774. The van der Waals surface area contributed by atoms with Gasteiger partial charge in [-0.3, -0.25) is 0 Å². The second-order valence-corrected chi connectivity index (χ2v) is 6.17. The molecule has 0 saturated carbocycles. The van der Waals surface area contributed by atoms with Crippen LogP contribution in [-0.4, -0.2) is 24.9 Å². The normalized spacial score (nSPS) is 21.1. The van der Waals surface area contributed by atoms with Gasteiger partial charge >= 0.3 is 0 Å². The zero-order chi connectivity index (χ0) is 14.4. The van der Waals surface area contributed by atoms with Crippen molar-refractivity contribution in [1.82, 2.24) is 5.32 Å². The van der Waals surface area contributed by atoms with Crippen LogP contribution in [0.1, 0.15) is 45.6 Å². The average Bonchev–Trinajstić information content (AvgIpc) is 2.77. The maximum Gasteiger partial charge on any atom is 0.119 e. The Morgan fingerprint density at radius 1 is 1.40 bits per heavy atom. The van der Waals surface area contributed by atoms with Gasteiger partial charge in [0.15, 0.2) is 0 Å². The van der Waals surface area contributed by atoms with Crippen molar-refractivity contribution in [2.75, 3.05) is 13.2 Å². The van der Waals surface area contributed by atoms with Crippen LogP contribution in [0.15, 0.2) is 24.3 Å². The van der Waals surface area contributed by atoms with Gasteiger partial charge < -0.3 is 14.8 Å². The van der Waals surface area contributed by atoms with Crippen LogP contribution >= 0.6 is 0 Å². The van der Waals surface area contributed by atoms with Crippen molar-refractivity contribution in [2.45, 2.75) is 58.3 Å². The minimum atomic E-state index is 0.0138. The Morgan fingerprint density at radius 3 is 2.95 bits per heavy atom. The molecular weight excluding hydrogens is 250 g/mol. The molecule has 2 rings (SSSR count). The van der Waals surface area contributed by atoms with E-state index < -0.39 is 0 Å². The van der Waals surface area contributed by atoms with E-state index in [1.807, 2.05) is 6.07 Å². The largest absolute Gasteiger partial charge is 0.491 e. The first kappa shape index (κ1) is 15.3. The first-order chi connectivity index (χ1) is 9.59. The summed E-state index contributed by atoms with van der Waals surface area (Å²) < 4.78 is 11.8. The molecule has 1 aliphatic rings. The third-order valence-corrected chi connectivity index (χ3v) is 3.64. The molecule has 1 atom stereocenters. The third-order valence-electron chi connectivity index (χ3n) is 3.64. The molecule has 0 radical (unpaired) electrons. The molecule has 0 aromatic heterocycles. The van der Waals surface area contributed by atoms with Gasteiger partial charge in [0.05, 0.1) is 11.7 Å². The molecule has 1 saturated heterocycles. The molecule has 3 nitrogen and oxygen atoms in total. The van der Waals surface area contributed by atoms with E-state index in [2.05, 4.69) is 44.3 Å². The Hall–Kier alpha value is -1.06. The Bertz CT molecular complexity index is 417. The Labute approximate surface area is 122 Å². The maximum absolute atomic E-state index is 5.94. The van der Waals surface area contributed by atoms with Gasteiger partial charge in [0.25, 0.3) is 0 Å². The summed E-state index contributed by atoms with van der Waals surface area (Å²) in [5.74, 6) is 0.939. The molecule has 3 heteroatoms. The van der Waals surface area contributed by atoms with Crippen molar-refractivity contribution in [1.29, 1.82) is 0 Å². The zero-order valence-corrected chi connectivity index (χ0v) is 12.9. The lowest BCUT2D eigenvalue weighted by atomic mass is 10.1. The van der Waals surface area contributed by atoms with Gasteiger partial charge in [-0.05, 0) is 57.4 Å². The van der Waals surface area contributed by atoms with Gasteiger partial charge in [-0.1, -0.05) is 19.1 Å². The molecule has 1 aliphatic heterocycles. The molecule has 1 aromatic rings. The predicted molar refractivity (Wildman–Crippen MR) is 82.1 cm³/mol. The van der Waals surface area contributed by atoms with Gasteiger partial charge in [-0.2, -0.15) is 0 Å². The van der Waals surface area contributed by atoms with Crippen molar-refractivity contribution < 1.29 is 9.47 Å². The summed E-state index contributed by atoms with van der Waals surface area (Å²) >= 11 is 0. The van der Waals surface area contributed by atoms with Crippen LogP contribution in [0.2, 0.25) is 0 Å². The van der Waals surface area contributed by atoms with Gasteiger partial charge in [0.2, 0.25) is 0 Å². The van der Waals surface area contributed by atoms with E-state index in [1.165, 1.54) is 5.56 Å². The summed E-state index contributed by atoms with van der Waals surface area (Å²) in [5.41, 5.74) is 1.28. The molecule has 0 amide bonds. The van der Waals surface area contributed by atoms with E-state index in [4.69, 9.17) is 9.47 Å².